The van der Waals surface area contributed by atoms with Crippen LogP contribution < -0.4 is 20.8 Å². The molecule has 5 rings (SSSR count). The molecular weight excluding hydrogens is 576 g/mol. The third kappa shape index (κ3) is 6.69. The molecule has 0 fully saturated rings. The van der Waals surface area contributed by atoms with Gasteiger partial charge in [0, 0.05) is 15.8 Å². The Morgan fingerprint density at radius 3 is 2.33 bits per heavy atom. The Hall–Kier alpha value is -5.32. The van der Waals surface area contributed by atoms with E-state index < -0.39 is 23.7 Å². The number of anilines is 2. The smallest absolute Gasteiger partial charge is 0.355 e. The second-order valence-electron chi connectivity index (χ2n) is 8.72. The molecule has 0 aliphatic heterocycles. The number of hydrogen-bond acceptors (Lipinski definition) is 7. The number of hydrogen-bond donors (Lipinski definition) is 3. The number of benzene rings is 4. The highest BCUT2D eigenvalue weighted by Gasteiger charge is 2.20. The summed E-state index contributed by atoms with van der Waals surface area (Å²) in [7, 11) is 0. The summed E-state index contributed by atoms with van der Waals surface area (Å²) in [4.78, 5) is 50.6. The van der Waals surface area contributed by atoms with E-state index in [-0.39, 0.29) is 21.9 Å². The van der Waals surface area contributed by atoms with Gasteiger partial charge in [-0.2, -0.15) is 5.10 Å². The Bertz CT molecular complexity index is 1840. The van der Waals surface area contributed by atoms with Gasteiger partial charge in [0.2, 0.25) is 0 Å². The lowest BCUT2D eigenvalue weighted by molar-refractivity contribution is -0.136. The minimum absolute atomic E-state index is 0.156. The van der Waals surface area contributed by atoms with Crippen molar-refractivity contribution < 1.29 is 23.9 Å². The second kappa shape index (κ2) is 12.9. The van der Waals surface area contributed by atoms with Crippen molar-refractivity contribution in [2.45, 2.75) is 0 Å². The topological polar surface area (TPSA) is 126 Å². The number of esters is 1. The van der Waals surface area contributed by atoms with Crippen LogP contribution >= 0.6 is 22.9 Å². The van der Waals surface area contributed by atoms with E-state index in [1.165, 1.54) is 35.8 Å². The fraction of sp³-hybridized carbons (Fsp3) is 0. The zero-order chi connectivity index (χ0) is 29.5. The van der Waals surface area contributed by atoms with E-state index in [9.17, 15) is 19.2 Å². The number of hydrazone groups is 1. The monoisotopic (exact) mass is 596 g/mol. The Morgan fingerprint density at radius 2 is 1.52 bits per heavy atom. The molecule has 0 radical (unpaired) electrons. The van der Waals surface area contributed by atoms with Gasteiger partial charge in [0.15, 0.2) is 0 Å². The van der Waals surface area contributed by atoms with Crippen molar-refractivity contribution in [1.29, 1.82) is 0 Å². The molecule has 1 heterocycles. The lowest BCUT2D eigenvalue weighted by Gasteiger charge is -2.11. The molecule has 4 aromatic carbocycles. The molecule has 9 nitrogen and oxygen atoms in total. The Kier molecular flexibility index (Phi) is 8.67. The van der Waals surface area contributed by atoms with Gasteiger partial charge in [0.05, 0.1) is 22.5 Å². The molecule has 0 saturated carbocycles. The summed E-state index contributed by atoms with van der Waals surface area (Å²) in [5.41, 5.74) is 3.55. The third-order valence-corrected chi connectivity index (χ3v) is 7.48. The van der Waals surface area contributed by atoms with E-state index in [0.29, 0.717) is 16.3 Å². The van der Waals surface area contributed by atoms with Crippen molar-refractivity contribution >= 4 is 74.3 Å². The molecular formula is C31H21ClN4O5S. The number of carbonyl (C=O) groups is 4. The fourth-order valence-electron chi connectivity index (χ4n) is 3.86. The number of ether oxygens (including phenoxy) is 1. The molecule has 5 aromatic rings. The maximum Gasteiger partial charge on any atom is 0.355 e. The highest BCUT2D eigenvalue weighted by atomic mass is 35.5. The minimum Gasteiger partial charge on any atom is -0.422 e. The zero-order valence-corrected chi connectivity index (χ0v) is 23.2. The average Bonchev–Trinajstić information content (AvgIpc) is 3.34. The van der Waals surface area contributed by atoms with E-state index in [1.807, 2.05) is 30.3 Å². The quantitative estimate of drug-likeness (QED) is 0.0686. The number of nitrogens with zero attached hydrogens (tertiary/aromatic N) is 1. The van der Waals surface area contributed by atoms with E-state index in [1.54, 1.807) is 54.6 Å². The van der Waals surface area contributed by atoms with Gasteiger partial charge < -0.3 is 15.4 Å². The lowest BCUT2D eigenvalue weighted by Crippen LogP contribution is -2.33. The fourth-order valence-corrected chi connectivity index (χ4v) is 5.25. The highest BCUT2D eigenvalue weighted by Crippen LogP contribution is 2.35. The van der Waals surface area contributed by atoms with Gasteiger partial charge in [-0.1, -0.05) is 72.3 Å². The first kappa shape index (κ1) is 28.2. The van der Waals surface area contributed by atoms with Crippen molar-refractivity contribution in [1.82, 2.24) is 5.43 Å². The number of nitrogens with one attached hydrogen (secondary N) is 3. The SMILES string of the molecule is O=C(N/N=C\c1cccc(OC(=O)c2sc3ccccc3c2Cl)c1)C(=O)Nc1ccccc1C(=O)Nc1ccccc1. The van der Waals surface area contributed by atoms with Crippen molar-refractivity contribution in [3.8, 4) is 5.75 Å². The van der Waals surface area contributed by atoms with Crippen LogP contribution in [0.25, 0.3) is 10.1 Å². The summed E-state index contributed by atoms with van der Waals surface area (Å²) in [5.74, 6) is -2.88. The Balaban J connectivity index is 1.18. The van der Waals surface area contributed by atoms with Crippen molar-refractivity contribution in [3.05, 3.63) is 124 Å². The third-order valence-electron chi connectivity index (χ3n) is 5.83. The Morgan fingerprint density at radius 1 is 0.786 bits per heavy atom. The molecule has 0 unspecified atom stereocenters. The summed E-state index contributed by atoms with van der Waals surface area (Å²) < 4.78 is 6.36. The molecule has 0 saturated heterocycles. The normalized spacial score (nSPS) is 10.8. The molecule has 11 heteroatoms. The standard InChI is InChI=1S/C31H21ClN4O5S/c32-26-23-14-5-7-16-25(23)42-27(26)31(40)41-21-12-8-9-19(17-21)18-33-36-30(39)29(38)35-24-15-6-4-13-22(24)28(37)34-20-10-2-1-3-11-20/h1-18H,(H,34,37)(H,35,38)(H,36,39)/b33-18-. The van der Waals surface area contributed by atoms with Crippen LogP contribution in [0.5, 0.6) is 5.75 Å². The average molecular weight is 597 g/mol. The molecule has 0 atom stereocenters. The van der Waals surface area contributed by atoms with Gasteiger partial charge in [-0.05, 0) is 48.0 Å². The van der Waals surface area contributed by atoms with Crippen LogP contribution in [0.2, 0.25) is 5.02 Å². The van der Waals surface area contributed by atoms with Gasteiger partial charge in [0.25, 0.3) is 5.91 Å². The van der Waals surface area contributed by atoms with Gasteiger partial charge >= 0.3 is 17.8 Å². The predicted octanol–water partition coefficient (Wildman–Crippen LogP) is 6.12. The molecule has 208 valence electrons. The van der Waals surface area contributed by atoms with Gasteiger partial charge in [0.1, 0.15) is 10.6 Å². The molecule has 0 aliphatic rings. The molecule has 0 aliphatic carbocycles. The number of halogens is 1. The maximum atomic E-state index is 12.7. The van der Waals surface area contributed by atoms with Crippen LogP contribution in [-0.4, -0.2) is 29.9 Å². The van der Waals surface area contributed by atoms with Crippen molar-refractivity contribution in [2.75, 3.05) is 10.6 Å². The molecule has 3 amide bonds. The summed E-state index contributed by atoms with van der Waals surface area (Å²) in [5, 5.41) is 10.1. The summed E-state index contributed by atoms with van der Waals surface area (Å²) >= 11 is 7.61. The summed E-state index contributed by atoms with van der Waals surface area (Å²) in [6.07, 6.45) is 1.29. The summed E-state index contributed by atoms with van der Waals surface area (Å²) in [6, 6.07) is 29.0. The highest BCUT2D eigenvalue weighted by molar-refractivity contribution is 7.21. The van der Waals surface area contributed by atoms with Gasteiger partial charge in [-0.15, -0.1) is 11.3 Å². The summed E-state index contributed by atoms with van der Waals surface area (Å²) in [6.45, 7) is 0. The zero-order valence-electron chi connectivity index (χ0n) is 21.7. The minimum atomic E-state index is -1.05. The van der Waals surface area contributed by atoms with Crippen molar-refractivity contribution in [3.63, 3.8) is 0 Å². The van der Waals surface area contributed by atoms with E-state index >= 15 is 0 Å². The van der Waals surface area contributed by atoms with E-state index in [0.717, 1.165) is 10.1 Å². The van der Waals surface area contributed by atoms with Crippen molar-refractivity contribution in [2.24, 2.45) is 5.10 Å². The number of carbonyl (C=O) groups excluding carboxylic acids is 4. The van der Waals surface area contributed by atoms with Crippen LogP contribution in [0.15, 0.2) is 108 Å². The van der Waals surface area contributed by atoms with Crippen LogP contribution in [-0.2, 0) is 9.59 Å². The van der Waals surface area contributed by atoms with E-state index in [4.69, 9.17) is 16.3 Å². The second-order valence-corrected chi connectivity index (χ2v) is 10.2. The number of thiophene rings is 1. The number of fused-ring (bicyclic) bond motifs is 1. The number of para-hydroxylation sites is 2. The van der Waals surface area contributed by atoms with E-state index in [2.05, 4.69) is 21.2 Å². The van der Waals surface area contributed by atoms with Crippen LogP contribution in [0.4, 0.5) is 11.4 Å². The first-order valence-electron chi connectivity index (χ1n) is 12.5. The molecule has 3 N–H and O–H groups in total. The predicted molar refractivity (Wildman–Crippen MR) is 163 cm³/mol. The van der Waals surface area contributed by atoms with Crippen LogP contribution in [0, 0.1) is 0 Å². The number of rotatable bonds is 7. The molecule has 0 bridgehead atoms. The molecule has 0 spiro atoms. The lowest BCUT2D eigenvalue weighted by atomic mass is 10.1. The van der Waals surface area contributed by atoms with Gasteiger partial charge in [-0.25, -0.2) is 10.2 Å². The van der Waals surface area contributed by atoms with Crippen LogP contribution in [0.1, 0.15) is 25.6 Å². The van der Waals surface area contributed by atoms with Gasteiger partial charge in [-0.3, -0.25) is 14.4 Å². The molecule has 1 aromatic heterocycles. The molecule has 42 heavy (non-hydrogen) atoms. The van der Waals surface area contributed by atoms with Crippen LogP contribution in [0.3, 0.4) is 0 Å². The first-order chi connectivity index (χ1) is 20.4. The Labute approximate surface area is 248 Å². The number of amides is 3. The first-order valence-corrected chi connectivity index (χ1v) is 13.7. The maximum absolute atomic E-state index is 12.7. The largest absolute Gasteiger partial charge is 0.422 e.